The van der Waals surface area contributed by atoms with Crippen LogP contribution in [0.15, 0.2) is 35.5 Å². The molecule has 1 atom stereocenters. The molecule has 0 N–H and O–H groups in total. The van der Waals surface area contributed by atoms with E-state index in [-0.39, 0.29) is 0 Å². The molecule has 0 aromatic rings. The highest BCUT2D eigenvalue weighted by Crippen LogP contribution is 2.35. The largest absolute Gasteiger partial charge is 0.145 e. The first kappa shape index (κ1) is 6.29. The Labute approximate surface area is 65.7 Å². The van der Waals surface area contributed by atoms with E-state index < -0.39 is 0 Å². The molecular weight excluding hydrogens is 140 g/mol. The summed E-state index contributed by atoms with van der Waals surface area (Å²) in [6.45, 7) is 2.21. The highest BCUT2D eigenvalue weighted by molar-refractivity contribution is 8.00. The lowest BCUT2D eigenvalue weighted by atomic mass is 10.0. The summed E-state index contributed by atoms with van der Waals surface area (Å²) in [6.07, 6.45) is 8.89. The van der Waals surface area contributed by atoms with Crippen molar-refractivity contribution < 1.29 is 0 Å². The van der Waals surface area contributed by atoms with Gasteiger partial charge in [-0.1, -0.05) is 29.9 Å². The van der Waals surface area contributed by atoms with Crippen LogP contribution in [-0.2, 0) is 0 Å². The molecular formula is C9H10S. The lowest BCUT2D eigenvalue weighted by Gasteiger charge is -2.14. The van der Waals surface area contributed by atoms with E-state index in [4.69, 9.17) is 0 Å². The molecule has 0 saturated heterocycles. The summed E-state index contributed by atoms with van der Waals surface area (Å²) in [5.41, 5.74) is 3.00. The summed E-state index contributed by atoms with van der Waals surface area (Å²) >= 11 is 2.02. The number of allylic oxidation sites excluding steroid dienone is 3. The summed E-state index contributed by atoms with van der Waals surface area (Å²) < 4.78 is 0. The molecule has 0 spiro atoms. The van der Waals surface area contributed by atoms with Crippen molar-refractivity contribution in [1.29, 1.82) is 0 Å². The van der Waals surface area contributed by atoms with E-state index in [1.165, 1.54) is 16.9 Å². The monoisotopic (exact) mass is 150 g/mol. The zero-order valence-corrected chi connectivity index (χ0v) is 6.82. The first-order valence-electron chi connectivity index (χ1n) is 3.54. The van der Waals surface area contributed by atoms with Crippen LogP contribution in [0.2, 0.25) is 0 Å². The predicted octanol–water partition coefficient (Wildman–Crippen LogP) is 2.54. The molecule has 1 heteroatoms. The molecule has 10 heavy (non-hydrogen) atoms. The molecule has 1 aliphatic heterocycles. The van der Waals surface area contributed by atoms with Gasteiger partial charge in [-0.25, -0.2) is 0 Å². The molecule has 2 rings (SSSR count). The Morgan fingerprint density at radius 1 is 1.60 bits per heavy atom. The minimum absolute atomic E-state index is 0.685. The second-order valence-electron chi connectivity index (χ2n) is 2.69. The van der Waals surface area contributed by atoms with E-state index in [1.54, 1.807) is 0 Å². The number of fused-ring (bicyclic) bond motifs is 1. The second-order valence-corrected chi connectivity index (χ2v) is 3.83. The Morgan fingerprint density at radius 2 is 2.50 bits per heavy atom. The summed E-state index contributed by atoms with van der Waals surface area (Å²) in [6, 6.07) is 0. The van der Waals surface area contributed by atoms with Gasteiger partial charge in [0.25, 0.3) is 0 Å². The smallest absolute Gasteiger partial charge is 0.0507 e. The van der Waals surface area contributed by atoms with Gasteiger partial charge in [0.2, 0.25) is 0 Å². The van der Waals surface area contributed by atoms with Gasteiger partial charge in [-0.3, -0.25) is 0 Å². The van der Waals surface area contributed by atoms with E-state index in [2.05, 4.69) is 31.2 Å². The molecule has 0 bridgehead atoms. The first-order valence-corrected chi connectivity index (χ1v) is 4.59. The molecule has 0 aromatic heterocycles. The number of hydrogen-bond donors (Lipinski definition) is 0. The highest BCUT2D eigenvalue weighted by Gasteiger charge is 2.20. The van der Waals surface area contributed by atoms with E-state index >= 15 is 0 Å². The topological polar surface area (TPSA) is 0 Å². The van der Waals surface area contributed by atoms with Crippen molar-refractivity contribution in [2.24, 2.45) is 0 Å². The van der Waals surface area contributed by atoms with Gasteiger partial charge in [-0.2, -0.15) is 0 Å². The molecule has 0 saturated carbocycles. The molecule has 1 unspecified atom stereocenters. The summed E-state index contributed by atoms with van der Waals surface area (Å²) in [5.74, 6) is 1.19. The van der Waals surface area contributed by atoms with Gasteiger partial charge >= 0.3 is 0 Å². The summed E-state index contributed by atoms with van der Waals surface area (Å²) in [5, 5.41) is 0.685. The van der Waals surface area contributed by atoms with Crippen LogP contribution in [0.5, 0.6) is 0 Å². The average molecular weight is 150 g/mol. The zero-order chi connectivity index (χ0) is 6.97. The minimum atomic E-state index is 0.685. The standard InChI is InChI=1S/C9H10S/c1-7-3-2-4-8-5-6-10-9(7)8/h2-5,9H,6H2,1H3. The van der Waals surface area contributed by atoms with E-state index in [0.717, 1.165) is 0 Å². The van der Waals surface area contributed by atoms with E-state index in [0.29, 0.717) is 5.25 Å². The molecule has 0 fully saturated rings. The SMILES string of the molecule is CC1=CC=CC2=CCSC12. The lowest BCUT2D eigenvalue weighted by Crippen LogP contribution is -2.04. The van der Waals surface area contributed by atoms with Crippen molar-refractivity contribution in [3.8, 4) is 0 Å². The molecule has 0 nitrogen and oxygen atoms in total. The van der Waals surface area contributed by atoms with E-state index in [1.807, 2.05) is 11.8 Å². The van der Waals surface area contributed by atoms with Gasteiger partial charge in [0, 0.05) is 5.75 Å². The van der Waals surface area contributed by atoms with Crippen LogP contribution in [0.4, 0.5) is 0 Å². The molecule has 1 aliphatic carbocycles. The summed E-state index contributed by atoms with van der Waals surface area (Å²) in [4.78, 5) is 0. The first-order chi connectivity index (χ1) is 4.88. The molecule has 2 aliphatic rings. The van der Waals surface area contributed by atoms with Crippen LogP contribution in [0, 0.1) is 0 Å². The van der Waals surface area contributed by atoms with Gasteiger partial charge in [-0.05, 0) is 12.5 Å². The molecule has 52 valence electrons. The van der Waals surface area contributed by atoms with Crippen molar-refractivity contribution in [2.75, 3.05) is 5.75 Å². The molecule has 1 heterocycles. The average Bonchev–Trinajstić information content (AvgIpc) is 2.36. The maximum Gasteiger partial charge on any atom is 0.0507 e. The third-order valence-electron chi connectivity index (χ3n) is 1.95. The Hall–Kier alpha value is -0.430. The van der Waals surface area contributed by atoms with Crippen molar-refractivity contribution in [3.63, 3.8) is 0 Å². The highest BCUT2D eigenvalue weighted by atomic mass is 32.2. The van der Waals surface area contributed by atoms with Crippen molar-refractivity contribution in [1.82, 2.24) is 0 Å². The maximum absolute atomic E-state index is 2.32. The zero-order valence-electron chi connectivity index (χ0n) is 6.00. The minimum Gasteiger partial charge on any atom is -0.145 e. The third-order valence-corrected chi connectivity index (χ3v) is 3.28. The Balaban J connectivity index is 2.36. The van der Waals surface area contributed by atoms with Crippen LogP contribution in [-0.4, -0.2) is 11.0 Å². The van der Waals surface area contributed by atoms with Crippen LogP contribution in [0.1, 0.15) is 6.92 Å². The van der Waals surface area contributed by atoms with Crippen molar-refractivity contribution in [3.05, 3.63) is 35.5 Å². The van der Waals surface area contributed by atoms with Crippen LogP contribution < -0.4 is 0 Å². The third kappa shape index (κ3) is 0.853. The Kier molecular flexibility index (Phi) is 1.46. The quantitative estimate of drug-likeness (QED) is 0.511. The van der Waals surface area contributed by atoms with Gasteiger partial charge in [0.05, 0.1) is 5.25 Å². The van der Waals surface area contributed by atoms with Crippen LogP contribution in [0.3, 0.4) is 0 Å². The van der Waals surface area contributed by atoms with E-state index in [9.17, 15) is 0 Å². The normalized spacial score (nSPS) is 29.5. The van der Waals surface area contributed by atoms with Crippen molar-refractivity contribution in [2.45, 2.75) is 12.2 Å². The van der Waals surface area contributed by atoms with Gasteiger partial charge in [0.1, 0.15) is 0 Å². The van der Waals surface area contributed by atoms with Crippen LogP contribution in [0.25, 0.3) is 0 Å². The lowest BCUT2D eigenvalue weighted by molar-refractivity contribution is 1.17. The fraction of sp³-hybridized carbons (Fsp3) is 0.333. The second kappa shape index (κ2) is 2.31. The van der Waals surface area contributed by atoms with Gasteiger partial charge in [0.15, 0.2) is 0 Å². The predicted molar refractivity (Wildman–Crippen MR) is 47.2 cm³/mol. The fourth-order valence-corrected chi connectivity index (χ4v) is 2.58. The Morgan fingerprint density at radius 3 is 3.30 bits per heavy atom. The molecule has 0 aromatic carbocycles. The number of thioether (sulfide) groups is 1. The number of rotatable bonds is 0. The molecule has 0 amide bonds. The van der Waals surface area contributed by atoms with Gasteiger partial charge in [-0.15, -0.1) is 11.8 Å². The summed E-state index contributed by atoms with van der Waals surface area (Å²) in [7, 11) is 0. The van der Waals surface area contributed by atoms with Crippen LogP contribution >= 0.6 is 11.8 Å². The fourth-order valence-electron chi connectivity index (χ4n) is 1.39. The van der Waals surface area contributed by atoms with Gasteiger partial charge < -0.3 is 0 Å². The van der Waals surface area contributed by atoms with Crippen molar-refractivity contribution >= 4 is 11.8 Å². The Bertz CT molecular complexity index is 233. The number of hydrogen-bond acceptors (Lipinski definition) is 1. The molecule has 0 radical (unpaired) electrons. The maximum atomic E-state index is 2.32.